The fraction of sp³-hybridized carbons (Fsp3) is 0.476. The van der Waals surface area contributed by atoms with Crippen molar-refractivity contribution in [2.24, 2.45) is 0 Å². The molecule has 1 aliphatic rings. The number of benzene rings is 1. The lowest BCUT2D eigenvalue weighted by atomic mass is 9.97. The second-order valence-corrected chi connectivity index (χ2v) is 13.7. The van der Waals surface area contributed by atoms with Crippen molar-refractivity contribution in [3.8, 4) is 11.5 Å². The number of nitrogens with one attached hydrogen (secondary N) is 1. The zero-order valence-electron chi connectivity index (χ0n) is 17.0. The summed E-state index contributed by atoms with van der Waals surface area (Å²) in [5, 5.41) is 13.9. The van der Waals surface area contributed by atoms with Crippen LogP contribution in [0.1, 0.15) is 24.8 Å². The van der Waals surface area contributed by atoms with Crippen molar-refractivity contribution in [2.75, 3.05) is 6.54 Å². The summed E-state index contributed by atoms with van der Waals surface area (Å²) in [7, 11) is -1.56. The maximum absolute atomic E-state index is 12.8. The zero-order chi connectivity index (χ0) is 21.2. The number of ketones is 1. The van der Waals surface area contributed by atoms with Gasteiger partial charge in [-0.25, -0.2) is 4.98 Å². The van der Waals surface area contributed by atoms with Gasteiger partial charge in [0.05, 0.1) is 34.9 Å². The molecule has 29 heavy (non-hydrogen) atoms. The SMILES string of the molecule is C[Si](C)(C)C#Cc1cc2ncn(CC(=O)C[C@H]3NCCC[C@@H]3O)c(=O)c2cc1Cl. The first-order valence-electron chi connectivity index (χ1n) is 9.79. The van der Waals surface area contributed by atoms with Crippen molar-refractivity contribution in [1.82, 2.24) is 14.9 Å². The number of Topliss-reactive ketones (excluding diaryl/α,β-unsaturated/α-hetero) is 1. The van der Waals surface area contributed by atoms with E-state index in [1.807, 2.05) is 0 Å². The summed E-state index contributed by atoms with van der Waals surface area (Å²) in [4.78, 5) is 29.6. The Balaban J connectivity index is 1.83. The van der Waals surface area contributed by atoms with Crippen LogP contribution >= 0.6 is 11.6 Å². The highest BCUT2D eigenvalue weighted by Crippen LogP contribution is 2.20. The minimum Gasteiger partial charge on any atom is -0.391 e. The van der Waals surface area contributed by atoms with Crippen LogP contribution in [0.15, 0.2) is 23.3 Å². The van der Waals surface area contributed by atoms with Crippen molar-refractivity contribution in [3.05, 3.63) is 39.4 Å². The lowest BCUT2D eigenvalue weighted by Gasteiger charge is -2.28. The predicted molar refractivity (Wildman–Crippen MR) is 118 cm³/mol. The highest BCUT2D eigenvalue weighted by Gasteiger charge is 2.25. The molecule has 3 rings (SSSR count). The number of piperidine rings is 1. The van der Waals surface area contributed by atoms with Gasteiger partial charge in [-0.15, -0.1) is 5.54 Å². The number of carbonyl (C=O) groups excluding carboxylic acids is 1. The molecule has 1 fully saturated rings. The summed E-state index contributed by atoms with van der Waals surface area (Å²) in [6, 6.07) is 3.04. The summed E-state index contributed by atoms with van der Waals surface area (Å²) < 4.78 is 1.30. The molecule has 2 aromatic rings. The molecule has 1 aliphatic heterocycles. The maximum Gasteiger partial charge on any atom is 0.261 e. The van der Waals surface area contributed by atoms with E-state index in [1.54, 1.807) is 12.1 Å². The number of rotatable bonds is 4. The molecule has 0 bridgehead atoms. The molecule has 1 aromatic heterocycles. The minimum absolute atomic E-state index is 0.0819. The average molecular weight is 432 g/mol. The number of nitrogens with zero attached hydrogens (tertiary/aromatic N) is 2. The summed E-state index contributed by atoms with van der Waals surface area (Å²) in [6.07, 6.45) is 2.61. The van der Waals surface area contributed by atoms with Crippen LogP contribution in [0.5, 0.6) is 0 Å². The van der Waals surface area contributed by atoms with Crippen LogP contribution in [0.2, 0.25) is 24.7 Å². The van der Waals surface area contributed by atoms with Gasteiger partial charge in [-0.05, 0) is 31.5 Å². The van der Waals surface area contributed by atoms with Crippen molar-refractivity contribution < 1.29 is 9.90 Å². The molecular weight excluding hydrogens is 406 g/mol. The van der Waals surface area contributed by atoms with Crippen LogP contribution in [-0.4, -0.2) is 47.2 Å². The van der Waals surface area contributed by atoms with Gasteiger partial charge in [0.2, 0.25) is 0 Å². The Morgan fingerprint density at radius 1 is 1.41 bits per heavy atom. The number of aliphatic hydroxyl groups excluding tert-OH is 1. The van der Waals surface area contributed by atoms with E-state index in [-0.39, 0.29) is 30.3 Å². The van der Waals surface area contributed by atoms with Gasteiger partial charge in [0.15, 0.2) is 5.78 Å². The molecule has 1 saturated heterocycles. The number of aliphatic hydroxyl groups is 1. The molecule has 2 N–H and O–H groups in total. The molecular formula is C21H26ClN3O3Si. The Labute approximate surface area is 176 Å². The first kappa shape index (κ1) is 21.7. The molecule has 6 nitrogen and oxygen atoms in total. The lowest BCUT2D eigenvalue weighted by Crippen LogP contribution is -2.46. The third-order valence-electron chi connectivity index (χ3n) is 4.83. The zero-order valence-corrected chi connectivity index (χ0v) is 18.7. The molecule has 0 amide bonds. The van der Waals surface area contributed by atoms with Crippen LogP contribution in [-0.2, 0) is 11.3 Å². The first-order valence-corrected chi connectivity index (χ1v) is 13.7. The second kappa shape index (κ2) is 8.80. The topological polar surface area (TPSA) is 84.2 Å². The summed E-state index contributed by atoms with van der Waals surface area (Å²) in [5.74, 6) is 2.98. The minimum atomic E-state index is -1.56. The van der Waals surface area contributed by atoms with Gasteiger partial charge < -0.3 is 10.4 Å². The normalized spacial score (nSPS) is 19.6. The van der Waals surface area contributed by atoms with E-state index in [1.165, 1.54) is 10.9 Å². The number of carbonyl (C=O) groups is 1. The molecule has 0 unspecified atom stereocenters. The molecule has 2 atom stereocenters. The molecule has 0 radical (unpaired) electrons. The standard InChI is InChI=1S/C21H26ClN3O3Si/c1-29(2,3)8-6-14-9-18-16(11-17(14)22)21(28)25(13-24-18)12-15(26)10-19-20(27)5-4-7-23-19/h9,11,13,19-20,23,27H,4-5,7,10,12H2,1-3H3/t19-,20+/m1/s1. The number of hydrogen-bond acceptors (Lipinski definition) is 5. The smallest absolute Gasteiger partial charge is 0.261 e. The van der Waals surface area contributed by atoms with Crippen molar-refractivity contribution in [1.29, 1.82) is 0 Å². The van der Waals surface area contributed by atoms with E-state index < -0.39 is 14.2 Å². The Morgan fingerprint density at radius 3 is 2.86 bits per heavy atom. The van der Waals surface area contributed by atoms with E-state index in [0.29, 0.717) is 27.9 Å². The molecule has 1 aromatic carbocycles. The summed E-state index contributed by atoms with van der Waals surface area (Å²) in [6.45, 7) is 7.13. The highest BCUT2D eigenvalue weighted by atomic mass is 35.5. The third kappa shape index (κ3) is 5.55. The van der Waals surface area contributed by atoms with E-state index in [4.69, 9.17) is 11.6 Å². The van der Waals surface area contributed by atoms with Crippen LogP contribution < -0.4 is 10.9 Å². The Hall–Kier alpha value is -1.98. The summed E-state index contributed by atoms with van der Waals surface area (Å²) >= 11 is 6.34. The molecule has 154 valence electrons. The molecule has 0 spiro atoms. The van der Waals surface area contributed by atoms with Crippen LogP contribution in [0.25, 0.3) is 10.9 Å². The fourth-order valence-electron chi connectivity index (χ4n) is 3.29. The highest BCUT2D eigenvalue weighted by molar-refractivity contribution is 6.83. The van der Waals surface area contributed by atoms with Gasteiger partial charge in [-0.2, -0.15) is 0 Å². The fourth-order valence-corrected chi connectivity index (χ4v) is 4.01. The van der Waals surface area contributed by atoms with Crippen molar-refractivity contribution in [3.63, 3.8) is 0 Å². The maximum atomic E-state index is 12.8. The Bertz CT molecular complexity index is 1050. The Morgan fingerprint density at radius 2 is 2.17 bits per heavy atom. The van der Waals surface area contributed by atoms with E-state index >= 15 is 0 Å². The molecule has 0 saturated carbocycles. The molecule has 0 aliphatic carbocycles. The van der Waals surface area contributed by atoms with Crippen LogP contribution in [0.3, 0.4) is 0 Å². The van der Waals surface area contributed by atoms with Crippen molar-refractivity contribution in [2.45, 2.75) is 57.6 Å². The van der Waals surface area contributed by atoms with Crippen LogP contribution in [0.4, 0.5) is 0 Å². The number of hydrogen-bond donors (Lipinski definition) is 2. The number of aromatic nitrogens is 2. The monoisotopic (exact) mass is 431 g/mol. The van der Waals surface area contributed by atoms with Gasteiger partial charge in [-0.3, -0.25) is 14.2 Å². The van der Waals surface area contributed by atoms with E-state index in [2.05, 4.69) is 41.4 Å². The number of halogens is 1. The summed E-state index contributed by atoms with van der Waals surface area (Å²) in [5.41, 5.74) is 4.11. The lowest BCUT2D eigenvalue weighted by molar-refractivity contribution is -0.121. The van der Waals surface area contributed by atoms with E-state index in [9.17, 15) is 14.7 Å². The second-order valence-electron chi connectivity index (χ2n) is 8.54. The van der Waals surface area contributed by atoms with Gasteiger partial charge >= 0.3 is 0 Å². The van der Waals surface area contributed by atoms with Crippen LogP contribution in [0, 0.1) is 11.5 Å². The average Bonchev–Trinajstić information content (AvgIpc) is 2.64. The first-order chi connectivity index (χ1) is 13.6. The van der Waals surface area contributed by atoms with Crippen molar-refractivity contribution >= 4 is 36.4 Å². The quantitative estimate of drug-likeness (QED) is 0.573. The largest absolute Gasteiger partial charge is 0.391 e. The predicted octanol–water partition coefficient (Wildman–Crippen LogP) is 2.35. The molecule has 2 heterocycles. The van der Waals surface area contributed by atoms with E-state index in [0.717, 1.165) is 13.0 Å². The van der Waals surface area contributed by atoms with Gasteiger partial charge in [0.25, 0.3) is 5.56 Å². The van der Waals surface area contributed by atoms with Gasteiger partial charge in [0, 0.05) is 18.0 Å². The number of fused-ring (bicyclic) bond motifs is 1. The molecule has 8 heteroatoms. The third-order valence-corrected chi connectivity index (χ3v) is 6.01. The Kier molecular flexibility index (Phi) is 6.59. The van der Waals surface area contributed by atoms with Gasteiger partial charge in [-0.1, -0.05) is 37.2 Å². The van der Waals surface area contributed by atoms with Gasteiger partial charge in [0.1, 0.15) is 8.07 Å².